The van der Waals surface area contributed by atoms with Crippen LogP contribution in [-0.2, 0) is 10.0 Å². The van der Waals surface area contributed by atoms with Crippen molar-refractivity contribution in [1.82, 2.24) is 4.31 Å². The Hall–Kier alpha value is -0.400. The predicted molar refractivity (Wildman–Crippen MR) is 61.2 cm³/mol. The minimum Gasteiger partial charge on any atom is -0.390 e. The molecule has 1 aromatic carbocycles. The van der Waals surface area contributed by atoms with Crippen molar-refractivity contribution >= 4 is 33.2 Å². The zero-order valence-electron chi connectivity index (χ0n) is 8.40. The number of β-amino-alcohol motifs (C(OH)–C–C–N with tert-alkyl or cyclic N) is 1. The van der Waals surface area contributed by atoms with E-state index in [0.29, 0.717) is 0 Å². The summed E-state index contributed by atoms with van der Waals surface area (Å²) < 4.78 is 38.3. The summed E-state index contributed by atoms with van der Waals surface area (Å²) in [6.45, 7) is -0.0220. The van der Waals surface area contributed by atoms with E-state index in [-0.39, 0.29) is 23.0 Å². The lowest BCUT2D eigenvalue weighted by Crippen LogP contribution is -2.53. The molecule has 17 heavy (non-hydrogen) atoms. The maximum atomic E-state index is 13.4. The Morgan fingerprint density at radius 1 is 1.35 bits per heavy atom. The van der Waals surface area contributed by atoms with Gasteiger partial charge >= 0.3 is 0 Å². The molecule has 0 bridgehead atoms. The number of benzene rings is 1. The average molecular weight is 300 g/mol. The third kappa shape index (κ3) is 2.15. The van der Waals surface area contributed by atoms with Gasteiger partial charge < -0.3 is 5.11 Å². The zero-order valence-corrected chi connectivity index (χ0v) is 10.7. The molecule has 0 unspecified atom stereocenters. The lowest BCUT2D eigenvalue weighted by atomic mass is 10.2. The minimum absolute atomic E-state index is 0.0110. The molecule has 0 amide bonds. The van der Waals surface area contributed by atoms with Crippen LogP contribution in [0.15, 0.2) is 17.0 Å². The van der Waals surface area contributed by atoms with Gasteiger partial charge in [-0.1, -0.05) is 23.2 Å². The summed E-state index contributed by atoms with van der Waals surface area (Å²) in [5.41, 5.74) is 0. The number of nitrogens with zero attached hydrogens (tertiary/aromatic N) is 1. The third-order valence-electron chi connectivity index (χ3n) is 2.45. The SMILES string of the molecule is O=S(=O)(c1ccc(Cl)c(F)c1Cl)N1CC(O)C1. The van der Waals surface area contributed by atoms with Gasteiger partial charge in [0.15, 0.2) is 5.82 Å². The van der Waals surface area contributed by atoms with E-state index in [0.717, 1.165) is 16.4 Å². The van der Waals surface area contributed by atoms with Crippen LogP contribution in [0.4, 0.5) is 4.39 Å². The van der Waals surface area contributed by atoms with Crippen LogP contribution in [0.1, 0.15) is 0 Å². The van der Waals surface area contributed by atoms with Crippen molar-refractivity contribution < 1.29 is 17.9 Å². The fourth-order valence-corrected chi connectivity index (χ4v) is 3.69. The van der Waals surface area contributed by atoms with Gasteiger partial charge in [0.05, 0.1) is 16.1 Å². The molecule has 2 rings (SSSR count). The van der Waals surface area contributed by atoms with Crippen molar-refractivity contribution in [2.24, 2.45) is 0 Å². The summed E-state index contributed by atoms with van der Waals surface area (Å²) in [4.78, 5) is -0.340. The van der Waals surface area contributed by atoms with Crippen molar-refractivity contribution in [1.29, 1.82) is 0 Å². The van der Waals surface area contributed by atoms with Gasteiger partial charge in [-0.3, -0.25) is 0 Å². The van der Waals surface area contributed by atoms with Gasteiger partial charge in [-0.05, 0) is 12.1 Å². The van der Waals surface area contributed by atoms with Crippen LogP contribution in [0, 0.1) is 5.82 Å². The Kier molecular flexibility index (Phi) is 3.35. The van der Waals surface area contributed by atoms with Gasteiger partial charge in [0.2, 0.25) is 10.0 Å². The molecule has 8 heteroatoms. The number of hydrogen-bond acceptors (Lipinski definition) is 3. The van der Waals surface area contributed by atoms with Crippen LogP contribution >= 0.6 is 23.2 Å². The Morgan fingerprint density at radius 2 is 1.94 bits per heavy atom. The highest BCUT2D eigenvalue weighted by Crippen LogP contribution is 2.32. The molecule has 0 saturated carbocycles. The first-order valence-electron chi connectivity index (χ1n) is 4.65. The second-order valence-electron chi connectivity index (χ2n) is 3.65. The number of hydrogen-bond donors (Lipinski definition) is 1. The Bertz CT molecular complexity index is 558. The summed E-state index contributed by atoms with van der Waals surface area (Å²) in [6.07, 6.45) is -0.680. The van der Waals surface area contributed by atoms with Crippen LogP contribution in [0.25, 0.3) is 0 Å². The monoisotopic (exact) mass is 299 g/mol. The molecule has 1 aliphatic rings. The molecule has 0 aliphatic carbocycles. The first-order valence-corrected chi connectivity index (χ1v) is 6.85. The van der Waals surface area contributed by atoms with Crippen molar-refractivity contribution in [3.05, 3.63) is 28.0 Å². The topological polar surface area (TPSA) is 57.6 Å². The van der Waals surface area contributed by atoms with Gasteiger partial charge in [0.25, 0.3) is 0 Å². The van der Waals surface area contributed by atoms with Crippen molar-refractivity contribution in [3.63, 3.8) is 0 Å². The first kappa shape index (κ1) is 13.0. The van der Waals surface area contributed by atoms with E-state index in [1.807, 2.05) is 0 Å². The van der Waals surface area contributed by atoms with E-state index in [1.54, 1.807) is 0 Å². The molecule has 0 radical (unpaired) electrons. The highest BCUT2D eigenvalue weighted by molar-refractivity contribution is 7.89. The molecule has 1 aromatic rings. The second kappa shape index (κ2) is 4.37. The number of aliphatic hydroxyl groups is 1. The molecule has 1 N–H and O–H groups in total. The van der Waals surface area contributed by atoms with Crippen molar-refractivity contribution in [2.75, 3.05) is 13.1 Å². The summed E-state index contributed by atoms with van der Waals surface area (Å²) in [7, 11) is -3.86. The van der Waals surface area contributed by atoms with Gasteiger partial charge in [-0.15, -0.1) is 0 Å². The quantitative estimate of drug-likeness (QED) is 0.842. The highest BCUT2D eigenvalue weighted by atomic mass is 35.5. The standard InChI is InChI=1S/C9H8Cl2FNO3S/c10-6-1-2-7(8(11)9(6)12)17(15,16)13-3-5(14)4-13/h1-2,5,14H,3-4H2. The summed E-state index contributed by atoms with van der Waals surface area (Å²) in [5, 5.41) is 8.30. The molecule has 0 atom stereocenters. The molecule has 1 fully saturated rings. The molecular formula is C9H8Cl2FNO3S. The van der Waals surface area contributed by atoms with E-state index in [1.165, 1.54) is 0 Å². The smallest absolute Gasteiger partial charge is 0.244 e. The third-order valence-corrected chi connectivity index (χ3v) is 5.09. The van der Waals surface area contributed by atoms with Crippen LogP contribution in [0.5, 0.6) is 0 Å². The summed E-state index contributed by atoms with van der Waals surface area (Å²) in [6, 6.07) is 2.28. The van der Waals surface area contributed by atoms with Crippen molar-refractivity contribution in [3.8, 4) is 0 Å². The van der Waals surface area contributed by atoms with Crippen LogP contribution in [0.2, 0.25) is 10.0 Å². The van der Waals surface area contributed by atoms with E-state index in [4.69, 9.17) is 28.3 Å². The minimum atomic E-state index is -3.86. The molecule has 1 aliphatic heterocycles. The average Bonchev–Trinajstić information content (AvgIpc) is 2.21. The molecule has 4 nitrogen and oxygen atoms in total. The van der Waals surface area contributed by atoms with Gasteiger partial charge in [0, 0.05) is 13.1 Å². The van der Waals surface area contributed by atoms with E-state index in [9.17, 15) is 12.8 Å². The van der Waals surface area contributed by atoms with Crippen LogP contribution in [-0.4, -0.2) is 37.0 Å². The Labute approximate surface area is 108 Å². The highest BCUT2D eigenvalue weighted by Gasteiger charge is 2.37. The fourth-order valence-electron chi connectivity index (χ4n) is 1.46. The molecule has 94 valence electrons. The van der Waals surface area contributed by atoms with E-state index in [2.05, 4.69) is 0 Å². The maximum Gasteiger partial charge on any atom is 0.244 e. The lowest BCUT2D eigenvalue weighted by molar-refractivity contribution is 0.0548. The fraction of sp³-hybridized carbons (Fsp3) is 0.333. The Balaban J connectivity index is 2.44. The Morgan fingerprint density at radius 3 is 2.47 bits per heavy atom. The van der Waals surface area contributed by atoms with E-state index >= 15 is 0 Å². The molecule has 1 heterocycles. The molecule has 1 saturated heterocycles. The van der Waals surface area contributed by atoms with Gasteiger partial charge in [-0.25, -0.2) is 12.8 Å². The number of rotatable bonds is 2. The number of halogens is 3. The maximum absolute atomic E-state index is 13.4. The van der Waals surface area contributed by atoms with E-state index < -0.39 is 27.0 Å². The summed E-state index contributed by atoms with van der Waals surface area (Å²) >= 11 is 11.1. The number of aliphatic hydroxyl groups excluding tert-OH is 1. The van der Waals surface area contributed by atoms with Crippen LogP contribution < -0.4 is 0 Å². The molecular weight excluding hydrogens is 292 g/mol. The van der Waals surface area contributed by atoms with Gasteiger partial charge in [-0.2, -0.15) is 4.31 Å². The largest absolute Gasteiger partial charge is 0.390 e. The predicted octanol–water partition coefficient (Wildman–Crippen LogP) is 1.50. The number of sulfonamides is 1. The van der Waals surface area contributed by atoms with Crippen LogP contribution in [0.3, 0.4) is 0 Å². The molecule has 0 spiro atoms. The normalized spacial score (nSPS) is 18.1. The lowest BCUT2D eigenvalue weighted by Gasteiger charge is -2.34. The van der Waals surface area contributed by atoms with Crippen molar-refractivity contribution in [2.45, 2.75) is 11.0 Å². The molecule has 0 aromatic heterocycles. The second-order valence-corrected chi connectivity index (χ2v) is 6.34. The first-order chi connectivity index (χ1) is 7.84. The van der Waals surface area contributed by atoms with Gasteiger partial charge in [0.1, 0.15) is 4.90 Å². The zero-order chi connectivity index (χ0) is 12.8. The summed E-state index contributed by atoms with van der Waals surface area (Å²) in [5.74, 6) is -0.963.